The minimum absolute atomic E-state index is 0.595. The van der Waals surface area contributed by atoms with Crippen LogP contribution in [0.2, 0.25) is 0 Å². The Morgan fingerprint density at radius 2 is 1.55 bits per heavy atom. The van der Waals surface area contributed by atoms with Crippen molar-refractivity contribution in [1.29, 1.82) is 0 Å². The first-order chi connectivity index (χ1) is 9.70. The molecule has 20 heavy (non-hydrogen) atoms. The molecule has 2 aromatic carbocycles. The van der Waals surface area contributed by atoms with Crippen LogP contribution in [0.1, 0.15) is 44.2 Å². The molecule has 0 heterocycles. The Balaban J connectivity index is 2.15. The molecule has 0 spiro atoms. The van der Waals surface area contributed by atoms with Crippen LogP contribution < -0.4 is 4.90 Å². The fourth-order valence-electron chi connectivity index (χ4n) is 2.44. The predicted octanol–water partition coefficient (Wildman–Crippen LogP) is 5.23. The van der Waals surface area contributed by atoms with Gasteiger partial charge in [0.1, 0.15) is 0 Å². The second-order valence-electron chi connectivity index (χ2n) is 5.65. The second kappa shape index (κ2) is 7.14. The highest BCUT2D eigenvalue weighted by Crippen LogP contribution is 2.22. The summed E-state index contributed by atoms with van der Waals surface area (Å²) in [5, 5.41) is 0. The van der Waals surface area contributed by atoms with E-state index in [9.17, 15) is 0 Å². The fourth-order valence-corrected chi connectivity index (χ4v) is 2.44. The first-order valence-electron chi connectivity index (χ1n) is 7.59. The first-order valence-corrected chi connectivity index (χ1v) is 7.59. The second-order valence-corrected chi connectivity index (χ2v) is 5.65. The van der Waals surface area contributed by atoms with Gasteiger partial charge in [-0.1, -0.05) is 63.2 Å². The van der Waals surface area contributed by atoms with E-state index in [-0.39, 0.29) is 0 Å². The van der Waals surface area contributed by atoms with Crippen LogP contribution in [0.3, 0.4) is 0 Å². The van der Waals surface area contributed by atoms with E-state index in [1.165, 1.54) is 23.2 Å². The Labute approximate surface area is 123 Å². The molecule has 2 aromatic rings. The largest absolute Gasteiger partial charge is 0.367 e. The third kappa shape index (κ3) is 3.86. The molecule has 0 saturated carbocycles. The van der Waals surface area contributed by atoms with Crippen LogP contribution in [0.25, 0.3) is 0 Å². The first kappa shape index (κ1) is 14.6. The van der Waals surface area contributed by atoms with Crippen LogP contribution in [0.15, 0.2) is 54.6 Å². The maximum atomic E-state index is 2.46. The van der Waals surface area contributed by atoms with Crippen molar-refractivity contribution in [2.75, 3.05) is 11.4 Å². The van der Waals surface area contributed by atoms with Crippen LogP contribution in [0.4, 0.5) is 5.69 Å². The average molecular weight is 267 g/mol. The van der Waals surface area contributed by atoms with Crippen molar-refractivity contribution in [3.63, 3.8) is 0 Å². The summed E-state index contributed by atoms with van der Waals surface area (Å²) in [5.74, 6) is 0.595. The maximum Gasteiger partial charge on any atom is 0.0429 e. The number of benzene rings is 2. The monoisotopic (exact) mass is 267 g/mol. The molecule has 0 fully saturated rings. The zero-order valence-electron chi connectivity index (χ0n) is 12.8. The van der Waals surface area contributed by atoms with Crippen molar-refractivity contribution >= 4 is 5.69 Å². The topological polar surface area (TPSA) is 3.24 Å². The molecule has 0 aliphatic rings. The fraction of sp³-hybridized carbons (Fsp3) is 0.368. The smallest absolute Gasteiger partial charge is 0.0429 e. The molecule has 0 atom stereocenters. The van der Waals surface area contributed by atoms with Gasteiger partial charge in [0.15, 0.2) is 0 Å². The summed E-state index contributed by atoms with van der Waals surface area (Å²) in [7, 11) is 0. The van der Waals surface area contributed by atoms with E-state index in [0.29, 0.717) is 5.92 Å². The Hall–Kier alpha value is -1.76. The van der Waals surface area contributed by atoms with E-state index < -0.39 is 0 Å². The Kier molecular flexibility index (Phi) is 5.23. The molecular formula is C19H25N. The molecule has 0 aliphatic carbocycles. The maximum absolute atomic E-state index is 2.46. The molecule has 0 amide bonds. The highest BCUT2D eigenvalue weighted by molar-refractivity contribution is 5.48. The van der Waals surface area contributed by atoms with Gasteiger partial charge in [-0.3, -0.25) is 0 Å². The van der Waals surface area contributed by atoms with Gasteiger partial charge in [0, 0.05) is 18.8 Å². The lowest BCUT2D eigenvalue weighted by molar-refractivity contribution is 0.766. The standard InChI is InChI=1S/C19H25N/c1-4-14-20(15-17-8-6-5-7-9-17)19-12-10-18(11-13-19)16(2)3/h5-13,16H,4,14-15H2,1-3H3. The van der Waals surface area contributed by atoms with Crippen LogP contribution >= 0.6 is 0 Å². The molecule has 106 valence electrons. The molecule has 0 aromatic heterocycles. The minimum Gasteiger partial charge on any atom is -0.367 e. The lowest BCUT2D eigenvalue weighted by Gasteiger charge is -2.25. The highest BCUT2D eigenvalue weighted by atomic mass is 15.1. The molecule has 0 unspecified atom stereocenters. The summed E-state index contributed by atoms with van der Waals surface area (Å²) < 4.78 is 0. The van der Waals surface area contributed by atoms with Gasteiger partial charge in [-0.25, -0.2) is 0 Å². The van der Waals surface area contributed by atoms with Gasteiger partial charge in [-0.05, 0) is 35.6 Å². The molecule has 1 heteroatoms. The minimum atomic E-state index is 0.595. The van der Waals surface area contributed by atoms with E-state index in [0.717, 1.165) is 13.1 Å². The third-order valence-corrected chi connectivity index (χ3v) is 3.63. The number of hydrogen-bond donors (Lipinski definition) is 0. The molecule has 1 nitrogen and oxygen atoms in total. The Bertz CT molecular complexity index is 499. The van der Waals surface area contributed by atoms with Gasteiger partial charge in [-0.15, -0.1) is 0 Å². The van der Waals surface area contributed by atoms with E-state index in [1.54, 1.807) is 0 Å². The van der Waals surface area contributed by atoms with Gasteiger partial charge in [-0.2, -0.15) is 0 Å². The van der Waals surface area contributed by atoms with E-state index >= 15 is 0 Å². The van der Waals surface area contributed by atoms with E-state index in [1.807, 2.05) is 0 Å². The van der Waals surface area contributed by atoms with Crippen molar-refractivity contribution < 1.29 is 0 Å². The highest BCUT2D eigenvalue weighted by Gasteiger charge is 2.07. The van der Waals surface area contributed by atoms with Gasteiger partial charge in [0.05, 0.1) is 0 Å². The van der Waals surface area contributed by atoms with Crippen molar-refractivity contribution in [1.82, 2.24) is 0 Å². The van der Waals surface area contributed by atoms with Crippen molar-refractivity contribution in [2.45, 2.75) is 39.7 Å². The van der Waals surface area contributed by atoms with Crippen LogP contribution in [-0.4, -0.2) is 6.54 Å². The molecular weight excluding hydrogens is 242 g/mol. The predicted molar refractivity (Wildman–Crippen MR) is 88.3 cm³/mol. The summed E-state index contributed by atoms with van der Waals surface area (Å²) in [6, 6.07) is 19.7. The summed E-state index contributed by atoms with van der Waals surface area (Å²) in [6.07, 6.45) is 1.17. The quantitative estimate of drug-likeness (QED) is 0.693. The number of nitrogens with zero attached hydrogens (tertiary/aromatic N) is 1. The summed E-state index contributed by atoms with van der Waals surface area (Å²) >= 11 is 0. The lowest BCUT2D eigenvalue weighted by Crippen LogP contribution is -2.23. The van der Waals surface area contributed by atoms with Gasteiger partial charge >= 0.3 is 0 Å². The Morgan fingerprint density at radius 1 is 0.900 bits per heavy atom. The Morgan fingerprint density at radius 3 is 2.10 bits per heavy atom. The summed E-state index contributed by atoms with van der Waals surface area (Å²) in [4.78, 5) is 2.46. The number of rotatable bonds is 6. The third-order valence-electron chi connectivity index (χ3n) is 3.63. The van der Waals surface area contributed by atoms with Crippen molar-refractivity contribution in [3.8, 4) is 0 Å². The zero-order valence-corrected chi connectivity index (χ0v) is 12.8. The molecule has 0 aliphatic heterocycles. The van der Waals surface area contributed by atoms with Gasteiger partial charge < -0.3 is 4.90 Å². The van der Waals surface area contributed by atoms with Crippen molar-refractivity contribution in [2.24, 2.45) is 0 Å². The van der Waals surface area contributed by atoms with E-state index in [4.69, 9.17) is 0 Å². The molecule has 0 N–H and O–H groups in total. The number of anilines is 1. The van der Waals surface area contributed by atoms with Gasteiger partial charge in [0.2, 0.25) is 0 Å². The van der Waals surface area contributed by atoms with Crippen molar-refractivity contribution in [3.05, 3.63) is 65.7 Å². The van der Waals surface area contributed by atoms with Crippen LogP contribution in [-0.2, 0) is 6.54 Å². The molecule has 0 bridgehead atoms. The molecule has 0 radical (unpaired) electrons. The van der Waals surface area contributed by atoms with Gasteiger partial charge in [0.25, 0.3) is 0 Å². The molecule has 0 saturated heterocycles. The zero-order chi connectivity index (χ0) is 14.4. The normalized spacial score (nSPS) is 10.8. The molecule has 2 rings (SSSR count). The average Bonchev–Trinajstić information content (AvgIpc) is 2.48. The summed E-state index contributed by atoms with van der Waals surface area (Å²) in [5.41, 5.74) is 4.10. The van der Waals surface area contributed by atoms with Crippen LogP contribution in [0.5, 0.6) is 0 Å². The SMILES string of the molecule is CCCN(Cc1ccccc1)c1ccc(C(C)C)cc1. The van der Waals surface area contributed by atoms with Crippen LogP contribution in [0, 0.1) is 0 Å². The summed E-state index contributed by atoms with van der Waals surface area (Å²) in [6.45, 7) is 8.79. The lowest BCUT2D eigenvalue weighted by atomic mass is 10.0. The van der Waals surface area contributed by atoms with E-state index in [2.05, 4.69) is 80.3 Å². The number of hydrogen-bond acceptors (Lipinski definition) is 1.